The van der Waals surface area contributed by atoms with E-state index in [0.29, 0.717) is 5.56 Å². The minimum atomic E-state index is -0.574. The second-order valence-electron chi connectivity index (χ2n) is 5.56. The van der Waals surface area contributed by atoms with Crippen LogP contribution in [0.1, 0.15) is 26.3 Å². The van der Waals surface area contributed by atoms with Crippen LogP contribution < -0.4 is 10.6 Å². The second-order valence-corrected chi connectivity index (χ2v) is 6.62. The van der Waals surface area contributed by atoms with Gasteiger partial charge in [-0.1, -0.05) is 32.9 Å². The molecule has 0 radical (unpaired) electrons. The van der Waals surface area contributed by atoms with Crippen LogP contribution in [0.25, 0.3) is 0 Å². The Labute approximate surface area is 131 Å². The van der Waals surface area contributed by atoms with Gasteiger partial charge in [0.2, 0.25) is 3.79 Å². The van der Waals surface area contributed by atoms with Crippen molar-refractivity contribution in [1.29, 1.82) is 0 Å². The van der Waals surface area contributed by atoms with Gasteiger partial charge in [-0.05, 0) is 23.1 Å². The fraction of sp³-hybridized carbons (Fsp3) is 0.429. The van der Waals surface area contributed by atoms with Gasteiger partial charge in [0.25, 0.3) is 0 Å². The zero-order valence-electron chi connectivity index (χ0n) is 11.7. The highest BCUT2D eigenvalue weighted by Gasteiger charge is 2.31. The van der Waals surface area contributed by atoms with Crippen molar-refractivity contribution in [1.82, 2.24) is 10.6 Å². The summed E-state index contributed by atoms with van der Waals surface area (Å²) in [6.07, 6.45) is 0. The van der Waals surface area contributed by atoms with E-state index in [1.54, 1.807) is 34.7 Å². The summed E-state index contributed by atoms with van der Waals surface area (Å²) in [6.45, 7) is 5.83. The van der Waals surface area contributed by atoms with E-state index in [-0.39, 0.29) is 21.6 Å². The average Bonchev–Trinajstić information content (AvgIpc) is 2.31. The molecule has 1 atom stereocenters. The van der Waals surface area contributed by atoms with Crippen molar-refractivity contribution in [3.05, 3.63) is 35.6 Å². The van der Waals surface area contributed by atoms with Crippen molar-refractivity contribution >= 4 is 32.4 Å². The van der Waals surface area contributed by atoms with Crippen LogP contribution in [-0.4, -0.2) is 15.9 Å². The van der Waals surface area contributed by atoms with E-state index >= 15 is 0 Å². The topological polar surface area (TPSA) is 58.2 Å². The highest BCUT2D eigenvalue weighted by atomic mass is 127. The zero-order valence-corrected chi connectivity index (χ0v) is 13.8. The molecule has 0 fully saturated rings. The van der Waals surface area contributed by atoms with E-state index in [2.05, 4.69) is 10.6 Å². The minimum Gasteiger partial charge on any atom is -0.334 e. The molecule has 6 heteroatoms. The van der Waals surface area contributed by atoms with Gasteiger partial charge in [-0.25, -0.2) is 9.18 Å². The van der Waals surface area contributed by atoms with Gasteiger partial charge in [-0.3, -0.25) is 4.79 Å². The van der Waals surface area contributed by atoms with Crippen molar-refractivity contribution in [2.75, 3.05) is 0 Å². The number of nitrogens with one attached hydrogen (secondary N) is 2. The molecular formula is C14H18FIN2O2. The molecule has 1 aromatic rings. The second kappa shape index (κ2) is 7.01. The molecule has 2 amide bonds. The lowest BCUT2D eigenvalue weighted by Crippen LogP contribution is -2.50. The summed E-state index contributed by atoms with van der Waals surface area (Å²) < 4.78 is 12.9. The van der Waals surface area contributed by atoms with Crippen molar-refractivity contribution in [3.8, 4) is 0 Å². The Balaban J connectivity index is 2.57. The molecule has 2 N–H and O–H groups in total. The summed E-state index contributed by atoms with van der Waals surface area (Å²) in [5.41, 5.74) is 0.294. The number of benzene rings is 1. The molecule has 0 aromatic heterocycles. The smallest absolute Gasteiger partial charge is 0.315 e. The Morgan fingerprint density at radius 1 is 1.35 bits per heavy atom. The maximum atomic E-state index is 13.0. The maximum absolute atomic E-state index is 13.0. The SMILES string of the molecule is CC(C)(C)C(NC(=O)NCc1cccc(F)c1)C(=O)I. The van der Waals surface area contributed by atoms with E-state index in [1.807, 2.05) is 20.8 Å². The molecule has 0 heterocycles. The Hall–Kier alpha value is -1.18. The largest absolute Gasteiger partial charge is 0.334 e. The number of carbonyl (C=O) groups is 2. The van der Waals surface area contributed by atoms with E-state index in [4.69, 9.17) is 0 Å². The average molecular weight is 392 g/mol. The first kappa shape index (κ1) is 16.9. The molecule has 1 rings (SSSR count). The number of urea groups is 1. The van der Waals surface area contributed by atoms with E-state index < -0.39 is 12.1 Å². The summed E-state index contributed by atoms with van der Waals surface area (Å²) >= 11 is 1.68. The van der Waals surface area contributed by atoms with Gasteiger partial charge < -0.3 is 10.6 Å². The van der Waals surface area contributed by atoms with Gasteiger partial charge in [0.15, 0.2) is 0 Å². The van der Waals surface area contributed by atoms with Crippen molar-refractivity contribution in [2.45, 2.75) is 33.4 Å². The molecule has 0 aliphatic heterocycles. The lowest BCUT2D eigenvalue weighted by molar-refractivity contribution is -0.113. The summed E-state index contributed by atoms with van der Waals surface area (Å²) in [6, 6.07) is 4.97. The van der Waals surface area contributed by atoms with Crippen LogP contribution in [0.3, 0.4) is 0 Å². The molecule has 0 bridgehead atoms. The van der Waals surface area contributed by atoms with Gasteiger partial charge >= 0.3 is 6.03 Å². The van der Waals surface area contributed by atoms with Gasteiger partial charge in [-0.15, -0.1) is 0 Å². The summed E-state index contributed by atoms with van der Waals surface area (Å²) in [4.78, 5) is 23.3. The zero-order chi connectivity index (χ0) is 15.3. The Kier molecular flexibility index (Phi) is 5.91. The molecule has 0 saturated carbocycles. The fourth-order valence-corrected chi connectivity index (χ4v) is 2.72. The number of halogens is 2. The Bertz CT molecular complexity index is 500. The lowest BCUT2D eigenvalue weighted by atomic mass is 9.88. The molecule has 0 aliphatic carbocycles. The highest BCUT2D eigenvalue weighted by molar-refractivity contribution is 14.1. The quantitative estimate of drug-likeness (QED) is 0.612. The summed E-state index contributed by atoms with van der Waals surface area (Å²) in [7, 11) is 0. The molecule has 0 spiro atoms. The van der Waals surface area contributed by atoms with Crippen molar-refractivity contribution in [3.63, 3.8) is 0 Å². The molecule has 0 aliphatic rings. The predicted octanol–water partition coefficient (Wildman–Crippen LogP) is 3.00. The lowest BCUT2D eigenvalue weighted by Gasteiger charge is -2.28. The monoisotopic (exact) mass is 392 g/mol. The summed E-state index contributed by atoms with van der Waals surface area (Å²) in [5, 5.41) is 5.25. The first-order valence-corrected chi connectivity index (χ1v) is 7.26. The van der Waals surface area contributed by atoms with Crippen LogP contribution in [-0.2, 0) is 11.3 Å². The number of carbonyl (C=O) groups excluding carboxylic acids is 2. The van der Waals surface area contributed by atoms with Gasteiger partial charge in [0.05, 0.1) is 0 Å². The van der Waals surface area contributed by atoms with Crippen LogP contribution >= 0.6 is 22.6 Å². The van der Waals surface area contributed by atoms with Crippen LogP contribution in [0.4, 0.5) is 9.18 Å². The molecule has 20 heavy (non-hydrogen) atoms. The number of hydrogen-bond acceptors (Lipinski definition) is 2. The normalized spacial score (nSPS) is 12.7. The van der Waals surface area contributed by atoms with Crippen LogP contribution in [0.2, 0.25) is 0 Å². The molecule has 110 valence electrons. The predicted molar refractivity (Wildman–Crippen MR) is 84.0 cm³/mol. The van der Waals surface area contributed by atoms with Crippen molar-refractivity contribution < 1.29 is 14.0 Å². The first-order valence-electron chi connectivity index (χ1n) is 6.18. The molecular weight excluding hydrogens is 374 g/mol. The standard InChI is InChI=1S/C14H18FIN2O2/c1-14(2,3)11(12(16)19)18-13(20)17-8-9-5-4-6-10(15)7-9/h4-7,11H,8H2,1-3H3,(H2,17,18,20). The van der Waals surface area contributed by atoms with Gasteiger partial charge in [-0.2, -0.15) is 0 Å². The third kappa shape index (κ3) is 5.44. The minimum absolute atomic E-state index is 0.129. The molecule has 4 nitrogen and oxygen atoms in total. The molecule has 1 unspecified atom stereocenters. The molecule has 1 aromatic carbocycles. The number of hydrogen-bond donors (Lipinski definition) is 2. The first-order chi connectivity index (χ1) is 9.20. The van der Waals surface area contributed by atoms with E-state index in [9.17, 15) is 14.0 Å². The summed E-state index contributed by atoms with van der Waals surface area (Å²) in [5.74, 6) is -0.347. The Morgan fingerprint density at radius 3 is 2.50 bits per heavy atom. The van der Waals surface area contributed by atoms with E-state index in [1.165, 1.54) is 12.1 Å². The van der Waals surface area contributed by atoms with Crippen LogP contribution in [0.15, 0.2) is 24.3 Å². The van der Waals surface area contributed by atoms with Gasteiger partial charge in [0.1, 0.15) is 11.9 Å². The number of amides is 2. The van der Waals surface area contributed by atoms with Gasteiger partial charge in [0, 0.05) is 29.1 Å². The maximum Gasteiger partial charge on any atom is 0.315 e. The number of rotatable bonds is 4. The fourth-order valence-electron chi connectivity index (χ4n) is 1.63. The Morgan fingerprint density at radius 2 is 2.00 bits per heavy atom. The van der Waals surface area contributed by atoms with Crippen molar-refractivity contribution in [2.24, 2.45) is 5.41 Å². The molecule has 0 saturated heterocycles. The highest BCUT2D eigenvalue weighted by Crippen LogP contribution is 2.21. The van der Waals surface area contributed by atoms with Crippen LogP contribution in [0.5, 0.6) is 0 Å². The van der Waals surface area contributed by atoms with E-state index in [0.717, 1.165) is 0 Å². The third-order valence-electron chi connectivity index (χ3n) is 2.71. The van der Waals surface area contributed by atoms with Crippen LogP contribution in [0, 0.1) is 11.2 Å². The third-order valence-corrected chi connectivity index (χ3v) is 3.33.